The fourth-order valence-corrected chi connectivity index (χ4v) is 3.65. The van der Waals surface area contributed by atoms with Gasteiger partial charge in [0.15, 0.2) is 0 Å². The van der Waals surface area contributed by atoms with Gasteiger partial charge in [-0.2, -0.15) is 0 Å². The zero-order valence-corrected chi connectivity index (χ0v) is 16.5. The van der Waals surface area contributed by atoms with Crippen LogP contribution in [0.3, 0.4) is 0 Å². The first-order valence-corrected chi connectivity index (χ1v) is 9.96. The standard InChI is InChI=1S/C23H34N2O/c1-4-9-20(3)13-14-22-18-24(17-21-11-7-6-8-12-21)15-16-25(19-22)23(26)10-5-2/h4,6-9,11-12,22H,3,5,10,13-19H2,1-2H3/b9-4-. The van der Waals surface area contributed by atoms with E-state index in [2.05, 4.69) is 59.7 Å². The summed E-state index contributed by atoms with van der Waals surface area (Å²) in [5.41, 5.74) is 2.52. The molecule has 2 rings (SSSR count). The Hall–Kier alpha value is -1.87. The van der Waals surface area contributed by atoms with Crippen LogP contribution < -0.4 is 0 Å². The Labute approximate surface area is 159 Å². The lowest BCUT2D eigenvalue weighted by molar-refractivity contribution is -0.131. The fraction of sp³-hybridized carbons (Fsp3) is 0.522. The van der Waals surface area contributed by atoms with Crippen molar-refractivity contribution >= 4 is 5.91 Å². The van der Waals surface area contributed by atoms with E-state index in [1.165, 1.54) is 11.1 Å². The maximum absolute atomic E-state index is 12.5. The molecule has 0 radical (unpaired) electrons. The van der Waals surface area contributed by atoms with Gasteiger partial charge in [0.05, 0.1) is 0 Å². The van der Waals surface area contributed by atoms with Crippen molar-refractivity contribution in [3.05, 3.63) is 60.2 Å². The zero-order valence-electron chi connectivity index (χ0n) is 16.5. The van der Waals surface area contributed by atoms with Gasteiger partial charge < -0.3 is 4.90 Å². The number of amides is 1. The van der Waals surface area contributed by atoms with Gasteiger partial charge in [-0.3, -0.25) is 9.69 Å². The lowest BCUT2D eigenvalue weighted by atomic mass is 9.98. The molecule has 0 aromatic heterocycles. The molecule has 1 unspecified atom stereocenters. The lowest BCUT2D eigenvalue weighted by Crippen LogP contribution is -2.35. The summed E-state index contributed by atoms with van der Waals surface area (Å²) >= 11 is 0. The predicted molar refractivity (Wildman–Crippen MR) is 110 cm³/mol. The molecule has 0 N–H and O–H groups in total. The Bertz CT molecular complexity index is 593. The highest BCUT2D eigenvalue weighted by Gasteiger charge is 2.25. The molecule has 1 aliphatic heterocycles. The quantitative estimate of drug-likeness (QED) is 0.634. The van der Waals surface area contributed by atoms with Crippen LogP contribution in [0.15, 0.2) is 54.6 Å². The number of carbonyl (C=O) groups is 1. The second-order valence-corrected chi connectivity index (χ2v) is 7.37. The van der Waals surface area contributed by atoms with Crippen LogP contribution in [0.4, 0.5) is 0 Å². The van der Waals surface area contributed by atoms with Gasteiger partial charge >= 0.3 is 0 Å². The van der Waals surface area contributed by atoms with E-state index in [1.807, 2.05) is 13.0 Å². The van der Waals surface area contributed by atoms with Crippen LogP contribution in [-0.4, -0.2) is 41.9 Å². The molecule has 1 aromatic carbocycles. The summed E-state index contributed by atoms with van der Waals surface area (Å²) in [6.07, 6.45) is 7.82. The molecule has 3 nitrogen and oxygen atoms in total. The van der Waals surface area contributed by atoms with Crippen molar-refractivity contribution in [3.63, 3.8) is 0 Å². The van der Waals surface area contributed by atoms with Gasteiger partial charge in [-0.1, -0.05) is 61.6 Å². The van der Waals surface area contributed by atoms with E-state index in [0.29, 0.717) is 18.2 Å². The molecule has 1 saturated heterocycles. The first-order chi connectivity index (χ1) is 12.6. The molecule has 0 spiro atoms. The van der Waals surface area contributed by atoms with Gasteiger partial charge in [0.2, 0.25) is 5.91 Å². The van der Waals surface area contributed by atoms with Crippen molar-refractivity contribution in [2.24, 2.45) is 5.92 Å². The van der Waals surface area contributed by atoms with Crippen LogP contribution in [0.5, 0.6) is 0 Å². The number of allylic oxidation sites excluding steroid dienone is 3. The molecular weight excluding hydrogens is 320 g/mol. The van der Waals surface area contributed by atoms with Gasteiger partial charge in [0.25, 0.3) is 0 Å². The van der Waals surface area contributed by atoms with E-state index in [-0.39, 0.29) is 0 Å². The van der Waals surface area contributed by atoms with Crippen molar-refractivity contribution in [3.8, 4) is 0 Å². The minimum absolute atomic E-state index is 0.311. The molecule has 1 aliphatic rings. The van der Waals surface area contributed by atoms with E-state index in [9.17, 15) is 4.79 Å². The average molecular weight is 355 g/mol. The van der Waals surface area contributed by atoms with Gasteiger partial charge in [-0.05, 0) is 37.7 Å². The zero-order chi connectivity index (χ0) is 18.8. The second kappa shape index (κ2) is 11.0. The van der Waals surface area contributed by atoms with Gasteiger partial charge in [0.1, 0.15) is 0 Å². The maximum Gasteiger partial charge on any atom is 0.222 e. The smallest absolute Gasteiger partial charge is 0.222 e. The molecule has 0 saturated carbocycles. The molecule has 1 heterocycles. The molecule has 26 heavy (non-hydrogen) atoms. The number of carbonyl (C=O) groups excluding carboxylic acids is 1. The minimum atomic E-state index is 0.311. The number of nitrogens with zero attached hydrogens (tertiary/aromatic N) is 2. The van der Waals surface area contributed by atoms with Gasteiger partial charge in [0, 0.05) is 39.1 Å². The van der Waals surface area contributed by atoms with Crippen LogP contribution >= 0.6 is 0 Å². The van der Waals surface area contributed by atoms with E-state index in [4.69, 9.17) is 0 Å². The molecule has 3 heteroatoms. The van der Waals surface area contributed by atoms with Crippen molar-refractivity contribution in [2.45, 2.75) is 46.1 Å². The third kappa shape index (κ3) is 6.80. The molecule has 1 aromatic rings. The Morgan fingerprint density at radius 2 is 1.96 bits per heavy atom. The van der Waals surface area contributed by atoms with E-state index < -0.39 is 0 Å². The minimum Gasteiger partial charge on any atom is -0.341 e. The monoisotopic (exact) mass is 354 g/mol. The normalized spacial score (nSPS) is 18.8. The second-order valence-electron chi connectivity index (χ2n) is 7.37. The van der Waals surface area contributed by atoms with E-state index in [0.717, 1.165) is 52.0 Å². The van der Waals surface area contributed by atoms with Crippen molar-refractivity contribution in [1.29, 1.82) is 0 Å². The van der Waals surface area contributed by atoms with Crippen LogP contribution in [-0.2, 0) is 11.3 Å². The van der Waals surface area contributed by atoms with E-state index >= 15 is 0 Å². The Balaban J connectivity index is 2.02. The van der Waals surface area contributed by atoms with Crippen LogP contribution in [0, 0.1) is 5.92 Å². The molecule has 1 amide bonds. The average Bonchev–Trinajstić information content (AvgIpc) is 2.84. The summed E-state index contributed by atoms with van der Waals surface area (Å²) in [7, 11) is 0. The predicted octanol–water partition coefficient (Wildman–Crippen LogP) is 4.66. The van der Waals surface area contributed by atoms with Gasteiger partial charge in [-0.25, -0.2) is 0 Å². The van der Waals surface area contributed by atoms with E-state index in [1.54, 1.807) is 0 Å². The summed E-state index contributed by atoms with van der Waals surface area (Å²) in [5, 5.41) is 0. The Morgan fingerprint density at radius 3 is 2.65 bits per heavy atom. The molecule has 1 atom stereocenters. The van der Waals surface area contributed by atoms with Crippen molar-refractivity contribution in [2.75, 3.05) is 26.2 Å². The van der Waals surface area contributed by atoms with Crippen LogP contribution in [0.2, 0.25) is 0 Å². The number of hydrogen-bond donors (Lipinski definition) is 0. The van der Waals surface area contributed by atoms with Crippen LogP contribution in [0.1, 0.15) is 45.1 Å². The fourth-order valence-electron chi connectivity index (χ4n) is 3.65. The molecule has 0 aliphatic carbocycles. The van der Waals surface area contributed by atoms with Crippen molar-refractivity contribution < 1.29 is 4.79 Å². The Kier molecular flexibility index (Phi) is 8.63. The number of rotatable bonds is 8. The lowest BCUT2D eigenvalue weighted by Gasteiger charge is -2.25. The topological polar surface area (TPSA) is 23.6 Å². The SMILES string of the molecule is C=C(/C=C\C)CCC1CN(Cc2ccccc2)CCN(C(=O)CCC)C1. The third-order valence-corrected chi connectivity index (χ3v) is 5.02. The summed E-state index contributed by atoms with van der Waals surface area (Å²) in [6, 6.07) is 10.6. The van der Waals surface area contributed by atoms with Gasteiger partial charge in [-0.15, -0.1) is 0 Å². The number of hydrogen-bond acceptors (Lipinski definition) is 2. The molecule has 0 bridgehead atoms. The third-order valence-electron chi connectivity index (χ3n) is 5.02. The molecule has 142 valence electrons. The summed E-state index contributed by atoms with van der Waals surface area (Å²) in [6.45, 7) is 12.9. The highest BCUT2D eigenvalue weighted by molar-refractivity contribution is 5.76. The number of benzene rings is 1. The summed E-state index contributed by atoms with van der Waals surface area (Å²) in [4.78, 5) is 17.1. The Morgan fingerprint density at radius 1 is 1.19 bits per heavy atom. The largest absolute Gasteiger partial charge is 0.341 e. The van der Waals surface area contributed by atoms with Crippen molar-refractivity contribution in [1.82, 2.24) is 9.80 Å². The maximum atomic E-state index is 12.5. The first kappa shape index (κ1) is 20.4. The van der Waals surface area contributed by atoms with Crippen LogP contribution in [0.25, 0.3) is 0 Å². The first-order valence-electron chi connectivity index (χ1n) is 9.96. The highest BCUT2D eigenvalue weighted by atomic mass is 16.2. The molecule has 1 fully saturated rings. The summed E-state index contributed by atoms with van der Waals surface area (Å²) < 4.78 is 0. The highest BCUT2D eigenvalue weighted by Crippen LogP contribution is 2.20. The molecular formula is C23H34N2O. The summed E-state index contributed by atoms with van der Waals surface area (Å²) in [5.74, 6) is 0.815.